The van der Waals surface area contributed by atoms with E-state index in [1.807, 2.05) is 91.0 Å². The van der Waals surface area contributed by atoms with E-state index in [0.29, 0.717) is 40.5 Å². The normalized spacial score (nSPS) is 11.6. The van der Waals surface area contributed by atoms with Crippen molar-refractivity contribution in [3.63, 3.8) is 0 Å². The molecule has 0 bridgehead atoms. The van der Waals surface area contributed by atoms with Crippen molar-refractivity contribution >= 4 is 110 Å². The lowest BCUT2D eigenvalue weighted by Crippen LogP contribution is -2.55. The second-order valence-corrected chi connectivity index (χ2v) is 18.8. The molecule has 0 fully saturated rings. The van der Waals surface area contributed by atoms with Crippen LogP contribution in [-0.2, 0) is 0 Å². The number of nitrogens with zero attached hydrogens (tertiary/aromatic N) is 7. The molecule has 4 heterocycles. The van der Waals surface area contributed by atoms with Gasteiger partial charge < -0.3 is 8.98 Å². The first-order valence-corrected chi connectivity index (χ1v) is 24.6. The molecule has 0 aliphatic rings. The van der Waals surface area contributed by atoms with Gasteiger partial charge in [0.1, 0.15) is 50.4 Å². The smallest absolute Gasteiger partial charge is 0.167 e. The van der Waals surface area contributed by atoms with E-state index in [1.54, 1.807) is 0 Å². The van der Waals surface area contributed by atoms with Crippen molar-refractivity contribution in [2.45, 2.75) is 0 Å². The number of para-hydroxylation sites is 3. The average Bonchev–Trinajstić information content (AvgIpc) is 4.01. The van der Waals surface area contributed by atoms with Crippen LogP contribution < -0.4 is 27.3 Å². The number of aromatic nitrogens is 7. The maximum absolute atomic E-state index is 6.93. The van der Waals surface area contributed by atoms with E-state index in [1.165, 1.54) is 16.4 Å². The molecular weight excluding hydrogens is 889 g/mol. The van der Waals surface area contributed by atoms with Crippen LogP contribution in [0.3, 0.4) is 0 Å². The van der Waals surface area contributed by atoms with Crippen LogP contribution in [0.15, 0.2) is 199 Å². The quantitative estimate of drug-likeness (QED) is 0.172. The highest BCUT2D eigenvalue weighted by molar-refractivity contribution is 6.68. The Labute approximate surface area is 426 Å². The van der Waals surface area contributed by atoms with Crippen LogP contribution in [0, 0.1) is 0 Å². The van der Waals surface area contributed by atoms with Crippen LogP contribution in [0.25, 0.3) is 129 Å². The molecule has 338 valence electrons. The number of furan rings is 1. The Kier molecular flexibility index (Phi) is 10.6. The summed E-state index contributed by atoms with van der Waals surface area (Å²) in [7, 11) is 11.0. The first-order chi connectivity index (χ1) is 35.8. The highest BCUT2D eigenvalue weighted by Crippen LogP contribution is 2.44. The molecule has 13 heteroatoms. The highest BCUT2D eigenvalue weighted by atomic mass is 16.3. The van der Waals surface area contributed by atoms with Gasteiger partial charge >= 0.3 is 0 Å². The van der Waals surface area contributed by atoms with Crippen molar-refractivity contribution in [2.24, 2.45) is 0 Å². The van der Waals surface area contributed by atoms with Crippen LogP contribution in [-0.4, -0.2) is 73.7 Å². The molecule has 0 amide bonds. The third-order valence-electron chi connectivity index (χ3n) is 14.7. The fourth-order valence-electron chi connectivity index (χ4n) is 10.6. The third-order valence-corrected chi connectivity index (χ3v) is 14.7. The molecule has 0 unspecified atom stereocenters. The minimum atomic E-state index is 0.518. The van der Waals surface area contributed by atoms with Crippen molar-refractivity contribution in [1.29, 1.82) is 0 Å². The second kappa shape index (κ2) is 17.6. The van der Waals surface area contributed by atoms with Crippen LogP contribution in [0.4, 0.5) is 0 Å². The molecule has 0 atom stereocenters. The molecule has 0 radical (unpaired) electrons. The van der Waals surface area contributed by atoms with E-state index in [-0.39, 0.29) is 0 Å². The molecule has 0 saturated carbocycles. The van der Waals surface area contributed by atoms with E-state index in [0.717, 1.165) is 99.3 Å². The second-order valence-electron chi connectivity index (χ2n) is 18.8. The van der Waals surface area contributed by atoms with E-state index >= 15 is 0 Å². The Morgan fingerprint density at radius 2 is 0.753 bits per heavy atom. The standard InChI is InChI=1S/C60H42B5N7O/c61-49-48(50(62)52(64)53(65)51(49)63)60-70-57(35-20-8-3-9-21-35)69-59(71-60)42-32-36(28-31-45(42)72-43-25-13-10-22-38(43)39-23-11-14-26-44(39)72)37-29-30-41(54-47(37)40-24-12-15-27-46(40)73-54)58-67-55(33-16-4-1-5-17-33)66-56(68-58)34-18-6-2-7-19-34/h1-32H,61-65H2. The third kappa shape index (κ3) is 7.38. The predicted molar refractivity (Wildman–Crippen MR) is 314 cm³/mol. The van der Waals surface area contributed by atoms with Crippen LogP contribution in [0.2, 0.25) is 0 Å². The molecule has 0 saturated heterocycles. The summed E-state index contributed by atoms with van der Waals surface area (Å²) in [5.74, 6) is 3.48. The zero-order chi connectivity index (χ0) is 49.3. The Morgan fingerprint density at radius 1 is 0.329 bits per heavy atom. The van der Waals surface area contributed by atoms with Crippen LogP contribution in [0.1, 0.15) is 0 Å². The van der Waals surface area contributed by atoms with Gasteiger partial charge in [0, 0.05) is 49.4 Å². The topological polar surface area (TPSA) is 95.4 Å². The van der Waals surface area contributed by atoms with Gasteiger partial charge in [-0.15, -0.1) is 16.4 Å². The van der Waals surface area contributed by atoms with Crippen molar-refractivity contribution in [3.05, 3.63) is 194 Å². The number of rotatable bonds is 8. The van der Waals surface area contributed by atoms with Crippen molar-refractivity contribution in [2.75, 3.05) is 0 Å². The van der Waals surface area contributed by atoms with E-state index in [9.17, 15) is 0 Å². The minimum Gasteiger partial charge on any atom is -0.455 e. The monoisotopic (exact) mass is 931 g/mol. The zero-order valence-corrected chi connectivity index (χ0v) is 41.0. The fourth-order valence-corrected chi connectivity index (χ4v) is 10.6. The van der Waals surface area contributed by atoms with Gasteiger partial charge in [0.25, 0.3) is 0 Å². The zero-order valence-electron chi connectivity index (χ0n) is 41.0. The van der Waals surface area contributed by atoms with Crippen LogP contribution >= 0.6 is 0 Å². The average molecular weight is 931 g/mol. The highest BCUT2D eigenvalue weighted by Gasteiger charge is 2.25. The maximum atomic E-state index is 6.93. The summed E-state index contributed by atoms with van der Waals surface area (Å²) in [5.41, 5.74) is 17.9. The van der Waals surface area contributed by atoms with Crippen molar-refractivity contribution in [3.8, 4) is 85.1 Å². The summed E-state index contributed by atoms with van der Waals surface area (Å²) in [6.45, 7) is 0. The van der Waals surface area contributed by atoms with Gasteiger partial charge in [-0.1, -0.05) is 169 Å². The molecule has 0 aliphatic heterocycles. The SMILES string of the molecule is Bc1c(B)c(B)c(-c2nc(-c3ccccc3)nc(-c3cc(-c4ccc(-c5nc(-c6ccccc6)nc(-c6ccccc6)n5)c5oc6ccccc6c45)ccc3-n3c4ccccc4c4ccccc43)n2)c(B)c1B. The lowest BCUT2D eigenvalue weighted by Gasteiger charge is -2.20. The predicted octanol–water partition coefficient (Wildman–Crippen LogP) is 6.01. The molecule has 0 aliphatic carbocycles. The molecule has 73 heavy (non-hydrogen) atoms. The lowest BCUT2D eigenvalue weighted by atomic mass is 9.60. The molecule has 13 aromatic rings. The maximum Gasteiger partial charge on any atom is 0.167 e. The summed E-state index contributed by atoms with van der Waals surface area (Å²) in [5, 5.41) is 4.26. The van der Waals surface area contributed by atoms with Gasteiger partial charge in [0.05, 0.1) is 22.3 Å². The summed E-state index contributed by atoms with van der Waals surface area (Å²) in [6.07, 6.45) is 0. The molecule has 0 spiro atoms. The van der Waals surface area contributed by atoms with Gasteiger partial charge in [-0.3, -0.25) is 0 Å². The Hall–Kier alpha value is -9.08. The van der Waals surface area contributed by atoms with Crippen molar-refractivity contribution in [1.82, 2.24) is 34.5 Å². The number of fused-ring (bicyclic) bond motifs is 6. The number of benzene rings is 9. The summed E-state index contributed by atoms with van der Waals surface area (Å²) >= 11 is 0. The molecule has 13 rings (SSSR count). The fraction of sp³-hybridized carbons (Fsp3) is 0. The van der Waals surface area contributed by atoms with Gasteiger partial charge in [-0.2, -0.15) is 0 Å². The summed E-state index contributed by atoms with van der Waals surface area (Å²) in [6, 6.07) is 66.7. The lowest BCUT2D eigenvalue weighted by molar-refractivity contribution is 0.669. The Balaban J connectivity index is 1.10. The molecule has 8 nitrogen and oxygen atoms in total. The van der Waals surface area contributed by atoms with Gasteiger partial charge in [0.2, 0.25) is 0 Å². The van der Waals surface area contributed by atoms with Crippen LogP contribution in [0.5, 0.6) is 0 Å². The van der Waals surface area contributed by atoms with E-state index in [2.05, 4.69) is 147 Å². The largest absolute Gasteiger partial charge is 0.455 e. The Bertz CT molecular complexity index is 4200. The Morgan fingerprint density at radius 3 is 1.32 bits per heavy atom. The van der Waals surface area contributed by atoms with E-state index in [4.69, 9.17) is 34.3 Å². The van der Waals surface area contributed by atoms with Gasteiger partial charge in [0.15, 0.2) is 34.9 Å². The summed E-state index contributed by atoms with van der Waals surface area (Å²) in [4.78, 5) is 31.6. The number of hydrogen-bond acceptors (Lipinski definition) is 7. The molecule has 4 aromatic heterocycles. The first kappa shape index (κ1) is 43.9. The molecule has 9 aromatic carbocycles. The summed E-state index contributed by atoms with van der Waals surface area (Å²) < 4.78 is 9.28. The van der Waals surface area contributed by atoms with Gasteiger partial charge in [-0.05, 0) is 47.5 Å². The van der Waals surface area contributed by atoms with Crippen molar-refractivity contribution < 1.29 is 4.42 Å². The molecular formula is C60H42B5N7O. The van der Waals surface area contributed by atoms with E-state index < -0.39 is 0 Å². The minimum absolute atomic E-state index is 0.518. The van der Waals surface area contributed by atoms with Gasteiger partial charge in [-0.25, -0.2) is 29.9 Å². The molecule has 0 N–H and O–H groups in total. The first-order valence-electron chi connectivity index (χ1n) is 24.6. The number of hydrogen-bond donors (Lipinski definition) is 0.